The molecule has 0 aliphatic heterocycles. The third-order valence-corrected chi connectivity index (χ3v) is 7.30. The number of aromatic nitrogens is 3. The van der Waals surface area contributed by atoms with E-state index in [9.17, 15) is 4.79 Å². The Labute approximate surface area is 253 Å². The molecule has 0 unspecified atom stereocenters. The van der Waals surface area contributed by atoms with Gasteiger partial charge in [-0.15, -0.1) is 0 Å². The number of hydrogen-bond acceptors (Lipinski definition) is 6. The molecule has 7 heteroatoms. The van der Waals surface area contributed by atoms with Crippen molar-refractivity contribution < 1.29 is 18.7 Å². The van der Waals surface area contributed by atoms with Gasteiger partial charge in [-0.1, -0.05) is 63.2 Å². The number of rotatable bonds is 8. The van der Waals surface area contributed by atoms with Gasteiger partial charge in [0.2, 0.25) is 5.89 Å². The summed E-state index contributed by atoms with van der Waals surface area (Å²) in [7, 11) is 0. The zero-order valence-electron chi connectivity index (χ0n) is 26.4. The Morgan fingerprint density at radius 3 is 2.35 bits per heavy atom. The number of fused-ring (bicyclic) bond motifs is 1. The molecule has 0 bridgehead atoms. The number of benzene rings is 3. The predicted molar refractivity (Wildman–Crippen MR) is 171 cm³/mol. The molecule has 0 aliphatic carbocycles. The first-order chi connectivity index (χ1) is 20.4. The van der Waals surface area contributed by atoms with Crippen molar-refractivity contribution in [1.82, 2.24) is 14.5 Å². The van der Waals surface area contributed by atoms with E-state index in [1.54, 1.807) is 6.07 Å². The first kappa shape index (κ1) is 30.1. The van der Waals surface area contributed by atoms with Gasteiger partial charge >= 0.3 is 6.16 Å². The zero-order valence-corrected chi connectivity index (χ0v) is 26.4. The van der Waals surface area contributed by atoms with Crippen molar-refractivity contribution >= 4 is 17.2 Å². The largest absolute Gasteiger partial charge is 0.514 e. The van der Waals surface area contributed by atoms with E-state index in [4.69, 9.17) is 23.9 Å². The lowest BCUT2D eigenvalue weighted by Crippen LogP contribution is -2.26. The predicted octanol–water partition coefficient (Wildman–Crippen LogP) is 9.41. The summed E-state index contributed by atoms with van der Waals surface area (Å²) in [6.45, 7) is 16.6. The lowest BCUT2D eigenvalue weighted by Gasteiger charge is -2.19. The van der Waals surface area contributed by atoms with Crippen molar-refractivity contribution in [3.63, 3.8) is 0 Å². The van der Waals surface area contributed by atoms with Crippen LogP contribution in [0.1, 0.15) is 82.3 Å². The van der Waals surface area contributed by atoms with Gasteiger partial charge < -0.3 is 18.5 Å². The molecule has 5 rings (SSSR count). The first-order valence-electron chi connectivity index (χ1n) is 15.0. The fourth-order valence-corrected chi connectivity index (χ4v) is 5.35. The average Bonchev–Trinajstić information content (AvgIpc) is 3.49. The van der Waals surface area contributed by atoms with Gasteiger partial charge in [-0.3, -0.25) is 0 Å². The topological polar surface area (TPSA) is 79.4 Å². The quantitative estimate of drug-likeness (QED) is 0.135. The number of carbonyl (C=O) groups is 1. The minimum atomic E-state index is -0.720. The Balaban J connectivity index is 1.47. The van der Waals surface area contributed by atoms with Crippen LogP contribution in [0.5, 0.6) is 5.75 Å². The van der Waals surface area contributed by atoms with Crippen LogP contribution in [-0.2, 0) is 17.7 Å². The molecule has 0 fully saturated rings. The van der Waals surface area contributed by atoms with E-state index in [0.717, 1.165) is 69.0 Å². The second-order valence-electron chi connectivity index (χ2n) is 12.4. The van der Waals surface area contributed by atoms with Gasteiger partial charge in [0.1, 0.15) is 22.9 Å². The summed E-state index contributed by atoms with van der Waals surface area (Å²) in [5.74, 6) is 3.32. The Morgan fingerprint density at radius 1 is 0.977 bits per heavy atom. The smallest absolute Gasteiger partial charge is 0.441 e. The maximum absolute atomic E-state index is 12.4. The molecule has 0 saturated heterocycles. The average molecular weight is 580 g/mol. The molecule has 224 valence electrons. The van der Waals surface area contributed by atoms with Crippen LogP contribution in [0.15, 0.2) is 65.1 Å². The minimum Gasteiger partial charge on any atom is -0.441 e. The summed E-state index contributed by atoms with van der Waals surface area (Å²) in [5, 5.41) is 0. The number of carbonyl (C=O) groups excluding carboxylic acids is 1. The number of nitrogens with zero attached hydrogens (tertiary/aromatic N) is 3. The molecule has 2 aromatic heterocycles. The molecule has 0 aliphatic rings. The second-order valence-corrected chi connectivity index (χ2v) is 12.4. The van der Waals surface area contributed by atoms with Crippen molar-refractivity contribution in [2.24, 2.45) is 0 Å². The van der Waals surface area contributed by atoms with Crippen molar-refractivity contribution in [1.29, 1.82) is 0 Å². The fourth-order valence-electron chi connectivity index (χ4n) is 5.35. The van der Waals surface area contributed by atoms with Crippen LogP contribution in [0.3, 0.4) is 0 Å². The molecule has 0 atom stereocenters. The van der Waals surface area contributed by atoms with Crippen LogP contribution < -0.4 is 4.74 Å². The zero-order chi connectivity index (χ0) is 30.9. The SMILES string of the molecule is CCCc1nc2c(C)cc(-c3nc(C(C)C)c(C)o3)cc2n1Cc1ccc(-c2ccccc2OC(=O)OC(C)(C)C)cc1. The Hall–Kier alpha value is -4.39. The van der Waals surface area contributed by atoms with Crippen LogP contribution in [-0.4, -0.2) is 26.3 Å². The molecule has 3 aromatic carbocycles. The van der Waals surface area contributed by atoms with Crippen molar-refractivity contribution in [2.75, 3.05) is 0 Å². The highest BCUT2D eigenvalue weighted by molar-refractivity contribution is 5.84. The summed E-state index contributed by atoms with van der Waals surface area (Å²) in [6, 6.07) is 20.1. The molecule has 0 amide bonds. The number of imidazole rings is 1. The highest BCUT2D eigenvalue weighted by Crippen LogP contribution is 2.33. The molecule has 7 nitrogen and oxygen atoms in total. The lowest BCUT2D eigenvalue weighted by molar-refractivity contribution is 0.0207. The van der Waals surface area contributed by atoms with Crippen LogP contribution >= 0.6 is 0 Å². The maximum atomic E-state index is 12.4. The number of para-hydroxylation sites is 1. The molecular weight excluding hydrogens is 538 g/mol. The van der Waals surface area contributed by atoms with Crippen molar-refractivity contribution in [3.8, 4) is 28.3 Å². The molecule has 0 radical (unpaired) electrons. The number of hydrogen-bond donors (Lipinski definition) is 0. The summed E-state index contributed by atoms with van der Waals surface area (Å²) in [4.78, 5) is 22.3. The molecule has 43 heavy (non-hydrogen) atoms. The summed E-state index contributed by atoms with van der Waals surface area (Å²) < 4.78 is 19.4. The van der Waals surface area contributed by atoms with Crippen LogP contribution in [0.25, 0.3) is 33.6 Å². The van der Waals surface area contributed by atoms with Gasteiger partial charge in [-0.25, -0.2) is 14.8 Å². The van der Waals surface area contributed by atoms with Gasteiger partial charge in [0.05, 0.1) is 16.7 Å². The molecular formula is C36H41N3O4. The van der Waals surface area contributed by atoms with E-state index in [0.29, 0.717) is 24.1 Å². The minimum absolute atomic E-state index is 0.294. The Morgan fingerprint density at radius 2 is 1.70 bits per heavy atom. The molecule has 5 aromatic rings. The standard InChI is InChI=1S/C36H41N3O4/c1-9-12-31-37-33-23(4)19-27(34-38-32(22(2)3)24(5)41-34)20-29(33)39(31)21-25-15-17-26(18-16-25)28-13-10-11-14-30(28)42-35(40)43-36(6,7)8/h10-11,13-20,22H,9,12,21H2,1-8H3. The van der Waals surface area contributed by atoms with Gasteiger partial charge in [0.25, 0.3) is 0 Å². The van der Waals surface area contributed by atoms with E-state index < -0.39 is 11.8 Å². The summed E-state index contributed by atoms with van der Waals surface area (Å²) in [6.07, 6.45) is 1.16. The molecule has 0 saturated carbocycles. The fraction of sp³-hybridized carbons (Fsp3) is 0.361. The van der Waals surface area contributed by atoms with Gasteiger partial charge in [-0.2, -0.15) is 0 Å². The van der Waals surface area contributed by atoms with Gasteiger partial charge in [0, 0.05) is 24.1 Å². The summed E-state index contributed by atoms with van der Waals surface area (Å²) >= 11 is 0. The number of ether oxygens (including phenoxy) is 2. The van der Waals surface area contributed by atoms with Gasteiger partial charge in [-0.05, 0) is 81.8 Å². The number of aryl methyl sites for hydroxylation is 3. The van der Waals surface area contributed by atoms with Crippen LogP contribution in [0.4, 0.5) is 4.79 Å². The number of oxazole rings is 1. The maximum Gasteiger partial charge on any atom is 0.514 e. The monoisotopic (exact) mass is 579 g/mol. The second kappa shape index (κ2) is 12.1. The first-order valence-corrected chi connectivity index (χ1v) is 15.0. The molecule has 2 heterocycles. The third kappa shape index (κ3) is 6.66. The normalized spacial score (nSPS) is 11.8. The van der Waals surface area contributed by atoms with E-state index in [1.807, 2.05) is 45.9 Å². The van der Waals surface area contributed by atoms with E-state index in [-0.39, 0.29) is 0 Å². The highest BCUT2D eigenvalue weighted by atomic mass is 16.7. The van der Waals surface area contributed by atoms with Gasteiger partial charge in [0.15, 0.2) is 0 Å². The van der Waals surface area contributed by atoms with E-state index >= 15 is 0 Å². The van der Waals surface area contributed by atoms with Crippen LogP contribution in [0, 0.1) is 13.8 Å². The molecule has 0 N–H and O–H groups in total. The molecule has 0 spiro atoms. The van der Waals surface area contributed by atoms with Crippen molar-refractivity contribution in [3.05, 3.63) is 89.1 Å². The Bertz CT molecular complexity index is 1750. The van der Waals surface area contributed by atoms with E-state index in [1.165, 1.54) is 0 Å². The highest BCUT2D eigenvalue weighted by Gasteiger charge is 2.21. The Kier molecular flexibility index (Phi) is 8.45. The van der Waals surface area contributed by atoms with Crippen molar-refractivity contribution in [2.45, 2.75) is 86.3 Å². The van der Waals surface area contributed by atoms with Crippen LogP contribution in [0.2, 0.25) is 0 Å². The van der Waals surface area contributed by atoms with E-state index in [2.05, 4.69) is 68.7 Å². The lowest BCUT2D eigenvalue weighted by atomic mass is 10.0. The summed E-state index contributed by atoms with van der Waals surface area (Å²) in [5.41, 5.74) is 7.40. The third-order valence-electron chi connectivity index (χ3n) is 7.30.